The summed E-state index contributed by atoms with van der Waals surface area (Å²) < 4.78 is 46.9. The Kier molecular flexibility index (Phi) is 3.67. The highest BCUT2D eigenvalue weighted by Crippen LogP contribution is 2.39. The highest BCUT2D eigenvalue weighted by atomic mass is 32.2. The zero-order valence-corrected chi connectivity index (χ0v) is 12.6. The van der Waals surface area contributed by atoms with Crippen LogP contribution in [-0.4, -0.2) is 27.2 Å². The van der Waals surface area contributed by atoms with E-state index in [1.54, 1.807) is 6.92 Å². The lowest BCUT2D eigenvalue weighted by atomic mass is 10.1. The molecule has 1 heterocycles. The van der Waals surface area contributed by atoms with E-state index in [0.717, 1.165) is 18.9 Å². The van der Waals surface area contributed by atoms with Crippen LogP contribution >= 0.6 is 0 Å². The summed E-state index contributed by atoms with van der Waals surface area (Å²) in [6.45, 7) is 2.17. The van der Waals surface area contributed by atoms with E-state index in [4.69, 9.17) is 10.5 Å². The fraction of sp³-hybridized carbons (Fsp3) is 0.571. The average Bonchev–Trinajstić information content (AvgIpc) is 3.14. The number of benzene rings is 1. The van der Waals surface area contributed by atoms with Crippen molar-refractivity contribution in [2.45, 2.75) is 43.2 Å². The van der Waals surface area contributed by atoms with Crippen LogP contribution in [0.2, 0.25) is 0 Å². The second kappa shape index (κ2) is 5.23. The molecule has 1 aliphatic carbocycles. The van der Waals surface area contributed by atoms with Crippen LogP contribution in [-0.2, 0) is 14.8 Å². The lowest BCUT2D eigenvalue weighted by Crippen LogP contribution is -2.41. The highest BCUT2D eigenvalue weighted by Gasteiger charge is 2.42. The van der Waals surface area contributed by atoms with Crippen LogP contribution in [0, 0.1) is 18.7 Å². The molecule has 2 atom stereocenters. The molecule has 2 fully saturated rings. The van der Waals surface area contributed by atoms with Gasteiger partial charge < -0.3 is 10.5 Å². The summed E-state index contributed by atoms with van der Waals surface area (Å²) in [5.41, 5.74) is 6.48. The maximum atomic E-state index is 14.0. The first-order valence-electron chi connectivity index (χ1n) is 7.08. The Morgan fingerprint density at radius 1 is 1.33 bits per heavy atom. The van der Waals surface area contributed by atoms with E-state index in [1.165, 1.54) is 6.07 Å². The van der Waals surface area contributed by atoms with Crippen LogP contribution in [0.15, 0.2) is 17.0 Å². The molecule has 1 saturated heterocycles. The Bertz CT molecular complexity index is 658. The molecule has 1 aromatic rings. The third kappa shape index (κ3) is 2.90. The molecule has 3 N–H and O–H groups in total. The number of halogens is 1. The molecule has 0 aromatic heterocycles. The van der Waals surface area contributed by atoms with E-state index >= 15 is 0 Å². The Morgan fingerprint density at radius 2 is 2.05 bits per heavy atom. The first kappa shape index (κ1) is 14.7. The first-order valence-corrected chi connectivity index (χ1v) is 8.56. The molecule has 2 unspecified atom stereocenters. The van der Waals surface area contributed by atoms with Gasteiger partial charge in [0.15, 0.2) is 0 Å². The molecule has 116 valence electrons. The minimum atomic E-state index is -3.94. The number of hydrogen-bond acceptors (Lipinski definition) is 4. The van der Waals surface area contributed by atoms with Gasteiger partial charge in [0.1, 0.15) is 10.7 Å². The van der Waals surface area contributed by atoms with Crippen LogP contribution in [0.4, 0.5) is 10.1 Å². The van der Waals surface area contributed by atoms with Crippen LogP contribution in [0.25, 0.3) is 0 Å². The fourth-order valence-electron chi connectivity index (χ4n) is 2.76. The van der Waals surface area contributed by atoms with Crippen molar-refractivity contribution in [1.82, 2.24) is 4.72 Å². The molecule has 21 heavy (non-hydrogen) atoms. The number of nitrogens with two attached hydrogens (primary N) is 1. The summed E-state index contributed by atoms with van der Waals surface area (Å²) in [6, 6.07) is 2.03. The summed E-state index contributed by atoms with van der Waals surface area (Å²) in [5, 5.41) is 0. The predicted molar refractivity (Wildman–Crippen MR) is 76.7 cm³/mol. The molecule has 0 bridgehead atoms. The smallest absolute Gasteiger partial charge is 0.243 e. The van der Waals surface area contributed by atoms with E-state index in [9.17, 15) is 12.8 Å². The molecule has 1 aliphatic heterocycles. The summed E-state index contributed by atoms with van der Waals surface area (Å²) >= 11 is 0. The predicted octanol–water partition coefficient (Wildman–Crippen LogP) is 1.56. The zero-order chi connectivity index (χ0) is 15.2. The Balaban J connectivity index is 1.85. The lowest BCUT2D eigenvalue weighted by molar-refractivity contribution is 0.0848. The second-order valence-electron chi connectivity index (χ2n) is 5.83. The number of aryl methyl sites for hydroxylation is 1. The quantitative estimate of drug-likeness (QED) is 0.827. The van der Waals surface area contributed by atoms with Gasteiger partial charge in [-0.3, -0.25) is 0 Å². The van der Waals surface area contributed by atoms with Crippen LogP contribution < -0.4 is 10.5 Å². The van der Waals surface area contributed by atoms with Crippen molar-refractivity contribution in [3.63, 3.8) is 0 Å². The van der Waals surface area contributed by atoms with Gasteiger partial charge in [0.05, 0.1) is 12.1 Å². The minimum absolute atomic E-state index is 0.0920. The largest absolute Gasteiger partial charge is 0.398 e. The highest BCUT2D eigenvalue weighted by molar-refractivity contribution is 7.89. The topological polar surface area (TPSA) is 81.4 Å². The van der Waals surface area contributed by atoms with Crippen molar-refractivity contribution in [3.8, 4) is 0 Å². The van der Waals surface area contributed by atoms with Gasteiger partial charge >= 0.3 is 0 Å². The van der Waals surface area contributed by atoms with E-state index in [0.29, 0.717) is 24.5 Å². The molecular formula is C14H19FN2O3S. The second-order valence-corrected chi connectivity index (χ2v) is 7.51. The molecule has 0 spiro atoms. The molecule has 0 radical (unpaired) electrons. The van der Waals surface area contributed by atoms with Crippen molar-refractivity contribution < 1.29 is 17.5 Å². The number of hydrogen-bond donors (Lipinski definition) is 2. The summed E-state index contributed by atoms with van der Waals surface area (Å²) in [5.74, 6) is -0.357. The zero-order valence-electron chi connectivity index (χ0n) is 11.8. The summed E-state index contributed by atoms with van der Waals surface area (Å²) in [4.78, 5) is -0.396. The van der Waals surface area contributed by atoms with Gasteiger partial charge in [-0.2, -0.15) is 0 Å². The first-order chi connectivity index (χ1) is 9.88. The number of anilines is 1. The van der Waals surface area contributed by atoms with Crippen molar-refractivity contribution in [2.75, 3.05) is 12.3 Å². The third-order valence-electron chi connectivity index (χ3n) is 4.14. The van der Waals surface area contributed by atoms with E-state index in [1.807, 2.05) is 0 Å². The van der Waals surface area contributed by atoms with Gasteiger partial charge in [0.25, 0.3) is 0 Å². The standard InChI is InChI=1S/C14H19FN2O3S/c1-8-6-10(15)13(7-11(8)16)21(18,19)17-12-4-5-20-14(12)9-2-3-9/h6-7,9,12,14,17H,2-5,16H2,1H3. The maximum absolute atomic E-state index is 14.0. The maximum Gasteiger partial charge on any atom is 0.243 e. The van der Waals surface area contributed by atoms with Gasteiger partial charge in [-0.1, -0.05) is 0 Å². The molecular weight excluding hydrogens is 295 g/mol. The van der Waals surface area contributed by atoms with Gasteiger partial charge in [-0.25, -0.2) is 17.5 Å². The molecule has 0 amide bonds. The summed E-state index contributed by atoms with van der Waals surface area (Å²) in [6.07, 6.45) is 2.65. The Hall–Kier alpha value is -1.18. The number of sulfonamides is 1. The fourth-order valence-corrected chi connectivity index (χ4v) is 4.14. The van der Waals surface area contributed by atoms with Gasteiger partial charge in [0, 0.05) is 12.3 Å². The molecule has 7 heteroatoms. The summed E-state index contributed by atoms with van der Waals surface area (Å²) in [7, 11) is -3.94. The minimum Gasteiger partial charge on any atom is -0.398 e. The number of rotatable bonds is 4. The monoisotopic (exact) mass is 314 g/mol. The lowest BCUT2D eigenvalue weighted by Gasteiger charge is -2.20. The number of nitrogens with one attached hydrogen (secondary N) is 1. The van der Waals surface area contributed by atoms with Crippen molar-refractivity contribution in [3.05, 3.63) is 23.5 Å². The molecule has 1 saturated carbocycles. The van der Waals surface area contributed by atoms with E-state index < -0.39 is 20.7 Å². The molecule has 5 nitrogen and oxygen atoms in total. The van der Waals surface area contributed by atoms with E-state index in [-0.39, 0.29) is 17.8 Å². The van der Waals surface area contributed by atoms with Crippen molar-refractivity contribution in [1.29, 1.82) is 0 Å². The molecule has 3 rings (SSSR count). The normalized spacial score (nSPS) is 26.2. The van der Waals surface area contributed by atoms with Gasteiger partial charge in [-0.15, -0.1) is 0 Å². The van der Waals surface area contributed by atoms with Gasteiger partial charge in [0.2, 0.25) is 10.0 Å². The van der Waals surface area contributed by atoms with Crippen LogP contribution in [0.1, 0.15) is 24.8 Å². The number of nitrogen functional groups attached to an aromatic ring is 1. The Morgan fingerprint density at radius 3 is 2.71 bits per heavy atom. The van der Waals surface area contributed by atoms with Crippen molar-refractivity contribution in [2.24, 2.45) is 5.92 Å². The third-order valence-corrected chi connectivity index (χ3v) is 5.64. The van der Waals surface area contributed by atoms with E-state index in [2.05, 4.69) is 4.72 Å². The SMILES string of the molecule is Cc1cc(F)c(S(=O)(=O)NC2CCOC2C2CC2)cc1N. The van der Waals surface area contributed by atoms with Crippen LogP contribution in [0.5, 0.6) is 0 Å². The van der Waals surface area contributed by atoms with Crippen LogP contribution in [0.3, 0.4) is 0 Å². The van der Waals surface area contributed by atoms with Crippen molar-refractivity contribution >= 4 is 15.7 Å². The average molecular weight is 314 g/mol. The Labute approximate surface area is 123 Å². The van der Waals surface area contributed by atoms with Gasteiger partial charge in [-0.05, 0) is 49.8 Å². The molecule has 1 aromatic carbocycles. The molecule has 2 aliphatic rings. The number of ether oxygens (including phenoxy) is 1.